The number of hydrogen-bond donors (Lipinski definition) is 1. The van der Waals surface area contributed by atoms with Crippen molar-refractivity contribution in [3.8, 4) is 0 Å². The zero-order chi connectivity index (χ0) is 17.0. The molecule has 0 saturated heterocycles. The van der Waals surface area contributed by atoms with Crippen LogP contribution >= 0.6 is 22.7 Å². The first-order valence-corrected chi connectivity index (χ1v) is 9.06. The van der Waals surface area contributed by atoms with Crippen molar-refractivity contribution in [2.45, 2.75) is 39.7 Å². The van der Waals surface area contributed by atoms with Crippen LogP contribution in [-0.2, 0) is 16.0 Å². The van der Waals surface area contributed by atoms with Crippen LogP contribution in [0.1, 0.15) is 31.3 Å². The topological polar surface area (TPSA) is 62.3 Å². The lowest BCUT2D eigenvalue weighted by Gasteiger charge is -2.35. The van der Waals surface area contributed by atoms with Crippen molar-refractivity contribution in [1.29, 1.82) is 0 Å². The Balaban J connectivity index is 2.03. The minimum atomic E-state index is -0.426. The average Bonchev–Trinajstić information content (AvgIpc) is 3.06. The molecule has 0 atom stereocenters. The van der Waals surface area contributed by atoms with Crippen LogP contribution in [0.5, 0.6) is 0 Å². The molecule has 0 saturated carbocycles. The van der Waals surface area contributed by atoms with Gasteiger partial charge in [0.2, 0.25) is 11.8 Å². The van der Waals surface area contributed by atoms with E-state index >= 15 is 0 Å². The number of amides is 2. The van der Waals surface area contributed by atoms with E-state index in [0.717, 1.165) is 10.6 Å². The van der Waals surface area contributed by atoms with Gasteiger partial charge in [-0.15, -0.1) is 22.7 Å². The van der Waals surface area contributed by atoms with Gasteiger partial charge in [0.05, 0.1) is 12.1 Å². The Bertz CT molecular complexity index is 672. The van der Waals surface area contributed by atoms with Gasteiger partial charge in [0.25, 0.3) is 0 Å². The number of thiazole rings is 1. The van der Waals surface area contributed by atoms with Crippen molar-refractivity contribution in [1.82, 2.24) is 9.88 Å². The highest BCUT2D eigenvalue weighted by Gasteiger charge is 2.28. The summed E-state index contributed by atoms with van der Waals surface area (Å²) in [6.07, 6.45) is 0.318. The Kier molecular flexibility index (Phi) is 5.54. The van der Waals surface area contributed by atoms with E-state index in [1.807, 2.05) is 50.6 Å². The number of hydrogen-bond acceptors (Lipinski definition) is 5. The lowest BCUT2D eigenvalue weighted by atomic mass is 10.0. The first kappa shape index (κ1) is 17.6. The van der Waals surface area contributed by atoms with E-state index in [0.29, 0.717) is 11.6 Å². The predicted octanol–water partition coefficient (Wildman–Crippen LogP) is 3.32. The maximum absolute atomic E-state index is 12.6. The second kappa shape index (κ2) is 7.23. The SMILES string of the molecule is Cc1csc(NC(=O)CN(C(=O)Cc2cccs2)C(C)(C)C)n1. The standard InChI is InChI=1S/C16H21N3O2S2/c1-11-10-23-15(17-11)18-13(20)9-19(16(2,3)4)14(21)8-12-6-5-7-22-12/h5-7,10H,8-9H2,1-4H3,(H,17,18,20). The molecule has 0 radical (unpaired) electrons. The third kappa shape index (κ3) is 5.14. The molecule has 5 nitrogen and oxygen atoms in total. The highest BCUT2D eigenvalue weighted by molar-refractivity contribution is 7.13. The van der Waals surface area contributed by atoms with Crippen LogP contribution < -0.4 is 5.32 Å². The molecule has 0 aliphatic heterocycles. The number of anilines is 1. The first-order chi connectivity index (χ1) is 10.8. The zero-order valence-electron chi connectivity index (χ0n) is 13.8. The molecule has 2 aromatic heterocycles. The van der Waals surface area contributed by atoms with Crippen LogP contribution in [0.2, 0.25) is 0 Å². The fourth-order valence-electron chi connectivity index (χ4n) is 2.07. The second-order valence-corrected chi connectivity index (χ2v) is 8.14. The summed E-state index contributed by atoms with van der Waals surface area (Å²) in [6.45, 7) is 7.69. The number of thiophene rings is 1. The molecule has 0 unspecified atom stereocenters. The van der Waals surface area contributed by atoms with Gasteiger partial charge < -0.3 is 10.2 Å². The number of nitrogens with one attached hydrogen (secondary N) is 1. The molecule has 0 spiro atoms. The average molecular weight is 351 g/mol. The monoisotopic (exact) mass is 351 g/mol. The number of aromatic nitrogens is 1. The molecule has 2 aromatic rings. The van der Waals surface area contributed by atoms with Crippen molar-refractivity contribution < 1.29 is 9.59 Å². The molecule has 2 rings (SSSR count). The van der Waals surface area contributed by atoms with E-state index in [9.17, 15) is 9.59 Å². The minimum absolute atomic E-state index is 0.0202. The summed E-state index contributed by atoms with van der Waals surface area (Å²) in [7, 11) is 0. The molecule has 1 N–H and O–H groups in total. The molecule has 124 valence electrons. The van der Waals surface area contributed by atoms with Gasteiger partial charge in [0.15, 0.2) is 5.13 Å². The number of aryl methyl sites for hydroxylation is 1. The fourth-order valence-corrected chi connectivity index (χ4v) is 3.47. The van der Waals surface area contributed by atoms with Gasteiger partial charge in [0.1, 0.15) is 6.54 Å². The summed E-state index contributed by atoms with van der Waals surface area (Å²) in [5.74, 6) is -0.278. The van der Waals surface area contributed by atoms with Crippen molar-refractivity contribution in [3.63, 3.8) is 0 Å². The van der Waals surface area contributed by atoms with Crippen molar-refractivity contribution in [2.24, 2.45) is 0 Å². The van der Waals surface area contributed by atoms with E-state index in [2.05, 4.69) is 10.3 Å². The third-order valence-corrected chi connectivity index (χ3v) is 4.94. The molecule has 0 bridgehead atoms. The maximum atomic E-state index is 12.6. The number of carbonyl (C=O) groups is 2. The van der Waals surface area contributed by atoms with Gasteiger partial charge in [-0.05, 0) is 39.1 Å². The Hall–Kier alpha value is -1.73. The van der Waals surface area contributed by atoms with Crippen LogP contribution in [0.3, 0.4) is 0 Å². The maximum Gasteiger partial charge on any atom is 0.245 e. The fraction of sp³-hybridized carbons (Fsp3) is 0.438. The van der Waals surface area contributed by atoms with E-state index in [1.54, 1.807) is 16.2 Å². The number of rotatable bonds is 5. The van der Waals surface area contributed by atoms with Crippen LogP contribution in [-0.4, -0.2) is 33.8 Å². The van der Waals surface area contributed by atoms with Gasteiger partial charge in [-0.25, -0.2) is 4.98 Å². The highest BCUT2D eigenvalue weighted by Crippen LogP contribution is 2.19. The van der Waals surface area contributed by atoms with E-state index in [1.165, 1.54) is 11.3 Å². The lowest BCUT2D eigenvalue weighted by molar-refractivity contribution is -0.138. The summed E-state index contributed by atoms with van der Waals surface area (Å²) in [5.41, 5.74) is 0.441. The predicted molar refractivity (Wildman–Crippen MR) is 95.0 cm³/mol. The molecule has 23 heavy (non-hydrogen) atoms. The first-order valence-electron chi connectivity index (χ1n) is 7.30. The normalized spacial score (nSPS) is 11.3. The Morgan fingerprint density at radius 1 is 1.30 bits per heavy atom. The van der Waals surface area contributed by atoms with Crippen molar-refractivity contribution in [3.05, 3.63) is 33.5 Å². The quantitative estimate of drug-likeness (QED) is 0.899. The number of carbonyl (C=O) groups excluding carboxylic acids is 2. The van der Waals surface area contributed by atoms with Crippen LogP contribution in [0.4, 0.5) is 5.13 Å². The molecule has 2 amide bonds. The second-order valence-electron chi connectivity index (χ2n) is 6.25. The summed E-state index contributed by atoms with van der Waals surface area (Å²) in [6, 6.07) is 3.86. The summed E-state index contributed by atoms with van der Waals surface area (Å²) < 4.78 is 0. The summed E-state index contributed by atoms with van der Waals surface area (Å²) >= 11 is 2.93. The summed E-state index contributed by atoms with van der Waals surface area (Å²) in [5, 5.41) is 7.14. The Morgan fingerprint density at radius 2 is 2.04 bits per heavy atom. The number of nitrogens with zero attached hydrogens (tertiary/aromatic N) is 2. The molecule has 0 aromatic carbocycles. The molecule has 0 fully saturated rings. The zero-order valence-corrected chi connectivity index (χ0v) is 15.4. The van der Waals surface area contributed by atoms with Crippen LogP contribution in [0.15, 0.2) is 22.9 Å². The molecular weight excluding hydrogens is 330 g/mol. The molecule has 2 heterocycles. The van der Waals surface area contributed by atoms with E-state index < -0.39 is 5.54 Å². The van der Waals surface area contributed by atoms with Gasteiger partial charge in [-0.1, -0.05) is 6.07 Å². The van der Waals surface area contributed by atoms with Gasteiger partial charge in [-0.3, -0.25) is 9.59 Å². The molecule has 0 aliphatic carbocycles. The largest absolute Gasteiger partial charge is 0.328 e. The van der Waals surface area contributed by atoms with Crippen molar-refractivity contribution >= 4 is 39.6 Å². The van der Waals surface area contributed by atoms with E-state index in [4.69, 9.17) is 0 Å². The Morgan fingerprint density at radius 3 is 2.57 bits per heavy atom. The van der Waals surface area contributed by atoms with Gasteiger partial charge in [-0.2, -0.15) is 0 Å². The molecule has 0 aliphatic rings. The highest BCUT2D eigenvalue weighted by atomic mass is 32.1. The van der Waals surface area contributed by atoms with Crippen molar-refractivity contribution in [2.75, 3.05) is 11.9 Å². The van der Waals surface area contributed by atoms with E-state index in [-0.39, 0.29) is 18.4 Å². The minimum Gasteiger partial charge on any atom is -0.328 e. The third-order valence-electron chi connectivity index (χ3n) is 3.18. The molecule has 7 heteroatoms. The van der Waals surface area contributed by atoms with Crippen LogP contribution in [0.25, 0.3) is 0 Å². The summed E-state index contributed by atoms with van der Waals surface area (Å²) in [4.78, 5) is 31.7. The van der Waals surface area contributed by atoms with Gasteiger partial charge in [0, 0.05) is 15.8 Å². The lowest BCUT2D eigenvalue weighted by Crippen LogP contribution is -2.49. The Labute approximate surface area is 144 Å². The van der Waals surface area contributed by atoms with Gasteiger partial charge >= 0.3 is 0 Å². The smallest absolute Gasteiger partial charge is 0.245 e. The molecular formula is C16H21N3O2S2. The van der Waals surface area contributed by atoms with Crippen LogP contribution in [0, 0.1) is 6.92 Å².